The number of hydrogen-bond donors (Lipinski definition) is 2. The van der Waals surface area contributed by atoms with E-state index in [-0.39, 0.29) is 31.7 Å². The predicted molar refractivity (Wildman–Crippen MR) is 230 cm³/mol. The third-order valence-corrected chi connectivity index (χ3v) is 15.3. The Morgan fingerprint density at radius 2 is 1.79 bits per heavy atom. The van der Waals surface area contributed by atoms with Gasteiger partial charge in [0.1, 0.15) is 39.9 Å². The number of methoxy groups -OCH3 is 1. The van der Waals surface area contributed by atoms with Gasteiger partial charge in [0.05, 0.1) is 30.1 Å². The van der Waals surface area contributed by atoms with E-state index in [0.29, 0.717) is 71.9 Å². The third-order valence-electron chi connectivity index (χ3n) is 12.6. The number of carbonyl (C=O) groups is 4. The topological polar surface area (TPSA) is 186 Å². The molecule has 2 saturated carbocycles. The fraction of sp³-hybridized carbons (Fsp3) is 0.591. The number of ether oxygens (including phenoxy) is 3. The summed E-state index contributed by atoms with van der Waals surface area (Å²) in [5.74, 6) is -1.00. The first kappa shape index (κ1) is 42.9. The average molecular weight is 877 g/mol. The van der Waals surface area contributed by atoms with Gasteiger partial charge in [-0.05, 0) is 89.2 Å². The van der Waals surface area contributed by atoms with Crippen LogP contribution >= 0.6 is 11.3 Å². The number of fused-ring (bicyclic) bond motifs is 3. The van der Waals surface area contributed by atoms with E-state index in [1.54, 1.807) is 12.0 Å². The number of piperidine rings is 1. The number of aryl methyl sites for hydroxylation is 1. The van der Waals surface area contributed by atoms with Crippen molar-refractivity contribution in [3.05, 3.63) is 47.0 Å². The summed E-state index contributed by atoms with van der Waals surface area (Å²) in [6.45, 7) is 7.16. The summed E-state index contributed by atoms with van der Waals surface area (Å²) < 4.78 is 46.7. The van der Waals surface area contributed by atoms with Crippen LogP contribution in [0.15, 0.2) is 35.7 Å². The van der Waals surface area contributed by atoms with Crippen LogP contribution in [0.2, 0.25) is 0 Å². The third kappa shape index (κ3) is 9.09. The van der Waals surface area contributed by atoms with Gasteiger partial charge in [-0.25, -0.2) is 23.2 Å². The molecule has 0 spiro atoms. The molecule has 328 valence electrons. The van der Waals surface area contributed by atoms with Gasteiger partial charge in [0.2, 0.25) is 15.9 Å². The Morgan fingerprint density at radius 3 is 2.51 bits per heavy atom. The van der Waals surface area contributed by atoms with Crippen molar-refractivity contribution in [1.29, 1.82) is 0 Å². The number of nitrogens with one attached hydrogen (secondary N) is 2. The number of benzene rings is 1. The summed E-state index contributed by atoms with van der Waals surface area (Å²) in [6, 6.07) is 4.42. The second kappa shape index (κ2) is 17.5. The zero-order valence-corrected chi connectivity index (χ0v) is 36.9. The molecular formula is C44H56N6O9S2. The molecule has 3 aliphatic heterocycles. The molecule has 8 rings (SSSR count). The number of carbonyl (C=O) groups excluding carboxylic acids is 4. The fourth-order valence-corrected chi connectivity index (χ4v) is 11.0. The number of amides is 4. The lowest BCUT2D eigenvalue weighted by atomic mass is 10.1. The first-order valence-electron chi connectivity index (χ1n) is 21.7. The minimum Gasteiger partial charge on any atom is -0.496 e. The molecule has 4 amide bonds. The molecule has 5 heterocycles. The molecule has 2 N–H and O–H groups in total. The highest BCUT2D eigenvalue weighted by molar-refractivity contribution is 7.91. The van der Waals surface area contributed by atoms with Crippen LogP contribution in [0.4, 0.5) is 4.79 Å². The Bertz CT molecular complexity index is 2320. The molecular weight excluding hydrogens is 821 g/mol. The van der Waals surface area contributed by atoms with Gasteiger partial charge in [-0.15, -0.1) is 11.3 Å². The van der Waals surface area contributed by atoms with E-state index in [4.69, 9.17) is 24.2 Å². The predicted octanol–water partition coefficient (Wildman–Crippen LogP) is 6.14. The van der Waals surface area contributed by atoms with Crippen molar-refractivity contribution in [2.24, 2.45) is 5.92 Å². The van der Waals surface area contributed by atoms with Crippen molar-refractivity contribution >= 4 is 56.1 Å². The van der Waals surface area contributed by atoms with E-state index in [1.807, 2.05) is 42.7 Å². The normalized spacial score (nSPS) is 26.7. The van der Waals surface area contributed by atoms with Crippen LogP contribution in [0.1, 0.15) is 108 Å². The van der Waals surface area contributed by atoms with E-state index in [9.17, 15) is 27.6 Å². The number of pyridine rings is 1. The van der Waals surface area contributed by atoms with Crippen LogP contribution in [0.5, 0.6) is 11.5 Å². The SMILES string of the molecule is COc1ccc2c(O[C@@H]3C[C@H]4C(=O)N[C@]5(C(=O)NS(=O)(=O)C6CC6)C[C@H]5/C=C\CCCCCC(OC(=O)N5CCCCC5)C(=O)N4C3)cc(-c3nc(C(C)C)cs3)nc2c1C. The van der Waals surface area contributed by atoms with E-state index in [2.05, 4.69) is 23.9 Å². The van der Waals surface area contributed by atoms with Crippen LogP contribution in [-0.4, -0.2) is 108 Å². The van der Waals surface area contributed by atoms with E-state index in [0.717, 1.165) is 43.4 Å². The number of allylic oxidation sites excluding steroid dienone is 1. The molecule has 3 aromatic rings. The van der Waals surface area contributed by atoms with Crippen LogP contribution in [0, 0.1) is 12.8 Å². The Hall–Kier alpha value is -4.77. The number of thiazole rings is 1. The molecule has 1 unspecified atom stereocenters. The van der Waals surface area contributed by atoms with Crippen LogP contribution in [-0.2, 0) is 29.1 Å². The summed E-state index contributed by atoms with van der Waals surface area (Å²) in [6.07, 6.45) is 8.49. The molecule has 2 saturated heterocycles. The number of sulfonamides is 1. The maximum absolute atomic E-state index is 14.8. The molecule has 2 aliphatic carbocycles. The molecule has 1 aromatic carbocycles. The van der Waals surface area contributed by atoms with E-state index < -0.39 is 68.8 Å². The fourth-order valence-electron chi connectivity index (χ4n) is 8.72. The highest BCUT2D eigenvalue weighted by Gasteiger charge is 2.62. The molecule has 0 bridgehead atoms. The molecule has 17 heteroatoms. The van der Waals surface area contributed by atoms with E-state index in [1.165, 1.54) is 16.2 Å². The van der Waals surface area contributed by atoms with Crippen molar-refractivity contribution < 1.29 is 41.8 Å². The monoisotopic (exact) mass is 876 g/mol. The van der Waals surface area contributed by atoms with Crippen molar-refractivity contribution in [1.82, 2.24) is 29.8 Å². The van der Waals surface area contributed by atoms with Gasteiger partial charge in [-0.1, -0.05) is 32.4 Å². The summed E-state index contributed by atoms with van der Waals surface area (Å²) in [5, 5.41) is 5.73. The van der Waals surface area contributed by atoms with Gasteiger partial charge in [-0.2, -0.15) is 0 Å². The first-order chi connectivity index (χ1) is 29.3. The maximum Gasteiger partial charge on any atom is 0.410 e. The highest BCUT2D eigenvalue weighted by Crippen LogP contribution is 2.46. The van der Waals surface area contributed by atoms with Crippen LogP contribution in [0.25, 0.3) is 21.6 Å². The molecule has 5 atom stereocenters. The van der Waals surface area contributed by atoms with Crippen LogP contribution in [0.3, 0.4) is 0 Å². The van der Waals surface area contributed by atoms with Crippen LogP contribution < -0.4 is 19.5 Å². The zero-order chi connectivity index (χ0) is 43.1. The van der Waals surface area contributed by atoms with Gasteiger partial charge in [0.15, 0.2) is 6.10 Å². The van der Waals surface area contributed by atoms with Crippen molar-refractivity contribution in [2.45, 2.75) is 133 Å². The lowest BCUT2D eigenvalue weighted by Crippen LogP contribution is -2.57. The molecule has 61 heavy (non-hydrogen) atoms. The zero-order valence-electron chi connectivity index (χ0n) is 35.3. The standard InChI is InChI=1S/C44H56N6O9S2/c1-26(2)33-25-60-40(46-33)32-22-37(31-17-18-35(57-4)27(3)38(31)45-32)58-29-21-34-39(51)47-44(42(53)48-61(55,56)30-15-16-30)23-28(44)13-9-6-5-7-10-14-36(41(52)50(34)24-29)59-43(54)49-19-11-8-12-20-49/h9,13,17-18,22,25-26,28-30,34,36H,5-8,10-12,14-16,19-21,23-24H2,1-4H3,(H,47,51)(H,48,53)/b13-9-/t28-,29-,34+,36?,44-/m1/s1. The maximum atomic E-state index is 14.8. The van der Waals surface area contributed by atoms with Gasteiger partial charge in [0.25, 0.3) is 11.8 Å². The van der Waals surface area contributed by atoms with Gasteiger partial charge in [-0.3, -0.25) is 19.1 Å². The number of likely N-dealkylation sites (tertiary alicyclic amines) is 1. The molecule has 2 aromatic heterocycles. The first-order valence-corrected chi connectivity index (χ1v) is 24.1. The number of nitrogens with zero attached hydrogens (tertiary/aromatic N) is 4. The summed E-state index contributed by atoms with van der Waals surface area (Å²) in [7, 11) is -2.31. The molecule has 15 nitrogen and oxygen atoms in total. The van der Waals surface area contributed by atoms with Crippen molar-refractivity contribution in [3.8, 4) is 22.2 Å². The smallest absolute Gasteiger partial charge is 0.410 e. The van der Waals surface area contributed by atoms with Gasteiger partial charge < -0.3 is 29.3 Å². The van der Waals surface area contributed by atoms with E-state index >= 15 is 0 Å². The van der Waals surface area contributed by atoms with Gasteiger partial charge in [0, 0.05) is 47.8 Å². The lowest BCUT2D eigenvalue weighted by molar-refractivity contribution is -0.146. The minimum atomic E-state index is -3.91. The molecule has 4 fully saturated rings. The van der Waals surface area contributed by atoms with Crippen molar-refractivity contribution in [2.75, 3.05) is 26.7 Å². The molecule has 0 radical (unpaired) electrons. The minimum absolute atomic E-state index is 0.0176. The Labute approximate surface area is 361 Å². The Balaban J connectivity index is 1.14. The summed E-state index contributed by atoms with van der Waals surface area (Å²) in [5.41, 5.74) is 1.49. The summed E-state index contributed by atoms with van der Waals surface area (Å²) >= 11 is 1.48. The number of aromatic nitrogens is 2. The van der Waals surface area contributed by atoms with Gasteiger partial charge >= 0.3 is 6.09 Å². The second-order valence-electron chi connectivity index (χ2n) is 17.4. The quantitative estimate of drug-likeness (QED) is 0.235. The Kier molecular flexibility index (Phi) is 12.3. The van der Waals surface area contributed by atoms with Crippen molar-refractivity contribution in [3.63, 3.8) is 0 Å². The lowest BCUT2D eigenvalue weighted by Gasteiger charge is -2.31. The number of hydrogen-bond acceptors (Lipinski definition) is 12. The average Bonchev–Trinajstić information content (AvgIpc) is 4.12. The Morgan fingerprint density at radius 1 is 1.02 bits per heavy atom. The largest absolute Gasteiger partial charge is 0.496 e. The number of rotatable bonds is 9. The highest BCUT2D eigenvalue weighted by atomic mass is 32.2. The summed E-state index contributed by atoms with van der Waals surface area (Å²) in [4.78, 5) is 69.8. The second-order valence-corrected chi connectivity index (χ2v) is 20.3. The molecule has 5 aliphatic rings.